The minimum absolute atomic E-state index is 0.0250. The summed E-state index contributed by atoms with van der Waals surface area (Å²) in [5.74, 6) is -0.695. The maximum Gasteiger partial charge on any atom is 0.573 e. The van der Waals surface area contributed by atoms with Gasteiger partial charge in [0.1, 0.15) is 12.3 Å². The minimum atomic E-state index is -4.80. The summed E-state index contributed by atoms with van der Waals surface area (Å²) in [6.07, 6.45) is -4.80. The predicted octanol–water partition coefficient (Wildman–Crippen LogP) is 7.08. The number of halogens is 4. The molecule has 39 heavy (non-hydrogen) atoms. The minimum Gasteiger partial charge on any atom is -0.406 e. The van der Waals surface area contributed by atoms with Crippen LogP contribution in [0.25, 0.3) is 22.2 Å². The fourth-order valence-electron chi connectivity index (χ4n) is 4.18. The number of nitrogens with one attached hydrogen (secondary N) is 2. The smallest absolute Gasteiger partial charge is 0.406 e. The van der Waals surface area contributed by atoms with Crippen LogP contribution in [-0.4, -0.2) is 33.8 Å². The van der Waals surface area contributed by atoms with E-state index in [4.69, 9.17) is 0 Å². The Balaban J connectivity index is 2.15. The van der Waals surface area contributed by atoms with E-state index in [-0.39, 0.29) is 24.1 Å². The van der Waals surface area contributed by atoms with E-state index in [1.165, 1.54) is 24.3 Å². The van der Waals surface area contributed by atoms with Crippen LogP contribution in [-0.2, 0) is 21.5 Å². The fourth-order valence-corrected chi connectivity index (χ4v) is 4.87. The monoisotopic (exact) mass is 609 g/mol. The SMILES string of the molecule is CC(C)(C)NC(=O)Cn1c(-c2ccc(OC(F)(F)F)cc2)cc2cc(C(C)(C)C(=O)NC(C)(C)C)cc(Br)c21. The Morgan fingerprint density at radius 2 is 1.44 bits per heavy atom. The van der Waals surface area contributed by atoms with Gasteiger partial charge in [-0.05, 0) is 125 Å². The molecule has 0 fully saturated rings. The van der Waals surface area contributed by atoms with Crippen LogP contribution < -0.4 is 15.4 Å². The first kappa shape index (κ1) is 30.5. The molecule has 0 aliphatic rings. The van der Waals surface area contributed by atoms with Crippen molar-refractivity contribution in [3.63, 3.8) is 0 Å². The van der Waals surface area contributed by atoms with Gasteiger partial charge in [0.2, 0.25) is 11.8 Å². The van der Waals surface area contributed by atoms with E-state index in [9.17, 15) is 22.8 Å². The van der Waals surface area contributed by atoms with Gasteiger partial charge in [-0.25, -0.2) is 0 Å². The van der Waals surface area contributed by atoms with Crippen molar-refractivity contribution < 1.29 is 27.5 Å². The standard InChI is InChI=1S/C29H35BrF3N3O3/c1-26(2,3)34-23(37)16-36-22(17-9-11-20(12-10-17)39-29(31,32)33)14-18-13-19(15-21(30)24(18)36)28(7,8)25(38)35-27(4,5)6/h9-15H,16H2,1-8H3,(H,34,37)(H,35,38). The summed E-state index contributed by atoms with van der Waals surface area (Å²) in [5, 5.41) is 6.76. The van der Waals surface area contributed by atoms with Crippen molar-refractivity contribution in [2.75, 3.05) is 0 Å². The number of ether oxygens (including phenoxy) is 1. The molecule has 0 radical (unpaired) electrons. The number of hydrogen-bond donors (Lipinski definition) is 2. The second kappa shape index (κ2) is 10.5. The van der Waals surface area contributed by atoms with Gasteiger partial charge in [0.15, 0.2) is 0 Å². The number of benzene rings is 2. The first-order valence-corrected chi connectivity index (χ1v) is 13.3. The summed E-state index contributed by atoms with van der Waals surface area (Å²) in [4.78, 5) is 26.1. The summed E-state index contributed by atoms with van der Waals surface area (Å²) < 4.78 is 44.5. The molecule has 0 atom stereocenters. The summed E-state index contributed by atoms with van der Waals surface area (Å²) in [6.45, 7) is 15.1. The number of nitrogens with zero attached hydrogens (tertiary/aromatic N) is 1. The Morgan fingerprint density at radius 3 is 1.95 bits per heavy atom. The average molecular weight is 611 g/mol. The second-order valence-corrected chi connectivity index (χ2v) is 13.1. The lowest BCUT2D eigenvalue weighted by Crippen LogP contribution is -2.48. The van der Waals surface area contributed by atoms with Gasteiger partial charge in [0, 0.05) is 26.6 Å². The molecule has 212 valence electrons. The molecule has 3 rings (SSSR count). The van der Waals surface area contributed by atoms with E-state index in [1.54, 1.807) is 0 Å². The number of alkyl halides is 3. The zero-order valence-corrected chi connectivity index (χ0v) is 25.0. The maximum absolute atomic E-state index is 13.2. The van der Waals surface area contributed by atoms with Gasteiger partial charge in [0.05, 0.1) is 10.9 Å². The molecular weight excluding hydrogens is 575 g/mol. The Hall–Kier alpha value is -3.01. The van der Waals surface area contributed by atoms with Crippen LogP contribution in [0.2, 0.25) is 0 Å². The van der Waals surface area contributed by atoms with Crippen molar-refractivity contribution in [3.05, 3.63) is 52.5 Å². The molecule has 0 aliphatic heterocycles. The van der Waals surface area contributed by atoms with Gasteiger partial charge in [-0.1, -0.05) is 0 Å². The summed E-state index contributed by atoms with van der Waals surface area (Å²) >= 11 is 3.65. The van der Waals surface area contributed by atoms with Crippen molar-refractivity contribution in [2.45, 2.75) is 84.8 Å². The van der Waals surface area contributed by atoms with Crippen LogP contribution in [0.15, 0.2) is 46.9 Å². The molecule has 0 saturated carbocycles. The largest absolute Gasteiger partial charge is 0.573 e. The number of rotatable bonds is 6. The van der Waals surface area contributed by atoms with Crippen molar-refractivity contribution in [2.24, 2.45) is 0 Å². The Kier molecular flexibility index (Phi) is 8.24. The molecule has 2 N–H and O–H groups in total. The molecule has 0 saturated heterocycles. The molecule has 6 nitrogen and oxygen atoms in total. The van der Waals surface area contributed by atoms with E-state index >= 15 is 0 Å². The van der Waals surface area contributed by atoms with Gasteiger partial charge in [-0.15, -0.1) is 13.2 Å². The van der Waals surface area contributed by atoms with Crippen molar-refractivity contribution >= 4 is 38.6 Å². The van der Waals surface area contributed by atoms with Gasteiger partial charge in [-0.3, -0.25) is 9.59 Å². The van der Waals surface area contributed by atoms with Gasteiger partial charge < -0.3 is 19.9 Å². The van der Waals surface area contributed by atoms with Crippen LogP contribution in [0, 0.1) is 0 Å². The molecule has 3 aromatic rings. The van der Waals surface area contributed by atoms with Gasteiger partial charge in [0.25, 0.3) is 0 Å². The zero-order chi connectivity index (χ0) is 29.6. The van der Waals surface area contributed by atoms with E-state index in [2.05, 4.69) is 31.3 Å². The Labute approximate surface area is 235 Å². The normalized spacial score (nSPS) is 12.9. The third kappa shape index (κ3) is 7.77. The van der Waals surface area contributed by atoms with Crippen LogP contribution in [0.5, 0.6) is 5.75 Å². The summed E-state index contributed by atoms with van der Waals surface area (Å²) in [7, 11) is 0. The van der Waals surface area contributed by atoms with Crippen molar-refractivity contribution in [1.82, 2.24) is 15.2 Å². The molecule has 10 heteroatoms. The predicted molar refractivity (Wildman–Crippen MR) is 151 cm³/mol. The van der Waals surface area contributed by atoms with E-state index in [0.717, 1.165) is 16.5 Å². The molecular formula is C29H35BrF3N3O3. The fraction of sp³-hybridized carbons (Fsp3) is 0.448. The third-order valence-corrected chi connectivity index (χ3v) is 6.53. The Bertz CT molecular complexity index is 1380. The number of fused-ring (bicyclic) bond motifs is 1. The highest BCUT2D eigenvalue weighted by atomic mass is 79.9. The van der Waals surface area contributed by atoms with Crippen LogP contribution in [0.4, 0.5) is 13.2 Å². The van der Waals surface area contributed by atoms with Crippen LogP contribution in [0.1, 0.15) is 61.0 Å². The first-order chi connectivity index (χ1) is 17.7. The molecule has 1 aromatic heterocycles. The molecule has 0 bridgehead atoms. The molecule has 1 heterocycles. The third-order valence-electron chi connectivity index (χ3n) is 5.92. The van der Waals surface area contributed by atoms with Gasteiger partial charge >= 0.3 is 6.36 Å². The van der Waals surface area contributed by atoms with Crippen LogP contribution >= 0.6 is 15.9 Å². The molecule has 0 unspecified atom stereocenters. The average Bonchev–Trinajstić information content (AvgIpc) is 3.09. The number of hydrogen-bond acceptors (Lipinski definition) is 3. The lowest BCUT2D eigenvalue weighted by molar-refractivity contribution is -0.274. The highest BCUT2D eigenvalue weighted by molar-refractivity contribution is 9.10. The summed E-state index contributed by atoms with van der Waals surface area (Å²) in [6, 6.07) is 11.1. The van der Waals surface area contributed by atoms with Crippen LogP contribution in [0.3, 0.4) is 0 Å². The van der Waals surface area contributed by atoms with E-state index in [1.807, 2.05) is 78.2 Å². The highest BCUT2D eigenvalue weighted by Gasteiger charge is 2.34. The maximum atomic E-state index is 13.2. The zero-order valence-electron chi connectivity index (χ0n) is 23.4. The summed E-state index contributed by atoms with van der Waals surface area (Å²) in [5.41, 5.74) is 0.984. The van der Waals surface area contributed by atoms with Gasteiger partial charge in [-0.2, -0.15) is 0 Å². The van der Waals surface area contributed by atoms with Crippen molar-refractivity contribution in [1.29, 1.82) is 0 Å². The number of carbonyl (C=O) groups excluding carboxylic acids is 2. The van der Waals surface area contributed by atoms with E-state index in [0.29, 0.717) is 15.7 Å². The molecule has 2 aromatic carbocycles. The molecule has 2 amide bonds. The van der Waals surface area contributed by atoms with Crippen molar-refractivity contribution in [3.8, 4) is 17.0 Å². The number of carbonyl (C=O) groups is 2. The molecule has 0 spiro atoms. The Morgan fingerprint density at radius 1 is 0.872 bits per heavy atom. The number of aromatic nitrogens is 1. The first-order valence-electron chi connectivity index (χ1n) is 12.5. The lowest BCUT2D eigenvalue weighted by Gasteiger charge is -2.30. The lowest BCUT2D eigenvalue weighted by atomic mass is 9.82. The quantitative estimate of drug-likeness (QED) is 0.314. The molecule has 0 aliphatic carbocycles. The number of amides is 2. The topological polar surface area (TPSA) is 72.4 Å². The van der Waals surface area contributed by atoms with E-state index < -0.39 is 22.9 Å². The highest BCUT2D eigenvalue weighted by Crippen LogP contribution is 2.38. The second-order valence-electron chi connectivity index (χ2n) is 12.2.